The highest BCUT2D eigenvalue weighted by Crippen LogP contribution is 2.28. The molecule has 3 N–H and O–H groups in total. The Morgan fingerprint density at radius 2 is 2.19 bits per heavy atom. The molecule has 0 unspecified atom stereocenters. The minimum absolute atomic E-state index is 0.509. The van der Waals surface area contributed by atoms with Gasteiger partial charge in [0.15, 0.2) is 17.5 Å². The van der Waals surface area contributed by atoms with E-state index in [2.05, 4.69) is 10.3 Å². The number of ether oxygens (including phenoxy) is 2. The van der Waals surface area contributed by atoms with Crippen LogP contribution in [0.3, 0.4) is 0 Å². The van der Waals surface area contributed by atoms with Gasteiger partial charge in [0.1, 0.15) is 0 Å². The number of aliphatic imine (C=N–C) groups is 1. The maximum absolute atomic E-state index is 5.88. The number of nitrogens with one attached hydrogen (secondary N) is 1. The minimum Gasteiger partial charge on any atom is -0.493 e. The quantitative estimate of drug-likeness (QED) is 0.597. The highest BCUT2D eigenvalue weighted by atomic mass is 16.5. The van der Waals surface area contributed by atoms with Gasteiger partial charge in [-0.2, -0.15) is 0 Å². The van der Waals surface area contributed by atoms with Gasteiger partial charge in [-0.1, -0.05) is 12.5 Å². The van der Waals surface area contributed by atoms with E-state index in [1.54, 1.807) is 7.11 Å². The van der Waals surface area contributed by atoms with Crippen LogP contribution in [0.4, 0.5) is 0 Å². The maximum atomic E-state index is 5.88. The Balaban J connectivity index is 1.88. The molecule has 21 heavy (non-hydrogen) atoms. The molecule has 0 radical (unpaired) electrons. The molecule has 5 heteroatoms. The number of nitrogens with two attached hydrogens (primary N) is 1. The first kappa shape index (κ1) is 15.5. The molecule has 0 atom stereocenters. The standard InChI is InChI=1S/C16H25N3O2/c1-3-21-14-8-7-13(9-15(14)20-2)11-19-16(17)18-10-12-5-4-6-12/h7-9,12H,3-6,10-11H2,1-2H3,(H3,17,18,19). The topological polar surface area (TPSA) is 68.9 Å². The molecule has 1 aromatic carbocycles. The summed E-state index contributed by atoms with van der Waals surface area (Å²) in [5, 5.41) is 3.19. The fraction of sp³-hybridized carbons (Fsp3) is 0.562. The predicted octanol–water partition coefficient (Wildman–Crippen LogP) is 2.30. The first-order valence-electron chi connectivity index (χ1n) is 7.56. The van der Waals surface area contributed by atoms with Gasteiger partial charge in [-0.15, -0.1) is 0 Å². The number of hydrogen-bond donors (Lipinski definition) is 2. The highest BCUT2D eigenvalue weighted by molar-refractivity contribution is 5.77. The van der Waals surface area contributed by atoms with Gasteiger partial charge in [-0.25, -0.2) is 4.99 Å². The molecule has 0 spiro atoms. The van der Waals surface area contributed by atoms with Crippen LogP contribution in [0.5, 0.6) is 11.5 Å². The lowest BCUT2D eigenvalue weighted by atomic mass is 9.85. The first-order valence-corrected chi connectivity index (χ1v) is 7.56. The van der Waals surface area contributed by atoms with Crippen LogP contribution in [-0.2, 0) is 6.54 Å². The summed E-state index contributed by atoms with van der Waals surface area (Å²) in [6, 6.07) is 5.83. The fourth-order valence-electron chi connectivity index (χ4n) is 2.26. The van der Waals surface area contributed by atoms with Gasteiger partial charge in [0.25, 0.3) is 0 Å². The molecule has 0 saturated heterocycles. The van der Waals surface area contributed by atoms with Crippen LogP contribution >= 0.6 is 0 Å². The van der Waals surface area contributed by atoms with Crippen molar-refractivity contribution in [1.29, 1.82) is 0 Å². The normalized spacial score (nSPS) is 15.4. The van der Waals surface area contributed by atoms with Crippen molar-refractivity contribution < 1.29 is 9.47 Å². The Labute approximate surface area is 126 Å². The zero-order valence-electron chi connectivity index (χ0n) is 12.9. The number of hydrogen-bond acceptors (Lipinski definition) is 3. The molecule has 116 valence electrons. The van der Waals surface area contributed by atoms with Crippen LogP contribution in [-0.4, -0.2) is 26.2 Å². The summed E-state index contributed by atoms with van der Waals surface area (Å²) in [7, 11) is 1.64. The number of methoxy groups -OCH3 is 1. The lowest BCUT2D eigenvalue weighted by molar-refractivity contribution is 0.310. The van der Waals surface area contributed by atoms with E-state index >= 15 is 0 Å². The van der Waals surface area contributed by atoms with E-state index in [0.717, 1.165) is 29.5 Å². The van der Waals surface area contributed by atoms with E-state index in [0.29, 0.717) is 19.1 Å². The van der Waals surface area contributed by atoms with E-state index in [1.807, 2.05) is 25.1 Å². The van der Waals surface area contributed by atoms with Crippen molar-refractivity contribution in [3.8, 4) is 11.5 Å². The van der Waals surface area contributed by atoms with Gasteiger partial charge in [0, 0.05) is 6.54 Å². The summed E-state index contributed by atoms with van der Waals surface area (Å²) < 4.78 is 10.8. The summed E-state index contributed by atoms with van der Waals surface area (Å²) in [5.41, 5.74) is 6.92. The molecule has 5 nitrogen and oxygen atoms in total. The van der Waals surface area contributed by atoms with Crippen LogP contribution in [0.1, 0.15) is 31.7 Å². The zero-order chi connectivity index (χ0) is 15.1. The van der Waals surface area contributed by atoms with E-state index < -0.39 is 0 Å². The van der Waals surface area contributed by atoms with Crippen molar-refractivity contribution in [2.45, 2.75) is 32.7 Å². The predicted molar refractivity (Wildman–Crippen MR) is 84.8 cm³/mol. The molecule has 1 aliphatic rings. The third kappa shape index (κ3) is 4.55. The first-order chi connectivity index (χ1) is 10.2. The summed E-state index contributed by atoms with van der Waals surface area (Å²) in [4.78, 5) is 4.36. The molecule has 1 saturated carbocycles. The SMILES string of the molecule is CCOc1ccc(CN=C(N)NCC2CCC2)cc1OC. The molecule has 0 amide bonds. The van der Waals surface area contributed by atoms with Crippen molar-refractivity contribution in [3.05, 3.63) is 23.8 Å². The second-order valence-corrected chi connectivity index (χ2v) is 5.30. The molecule has 2 rings (SSSR count). The van der Waals surface area contributed by atoms with Crippen molar-refractivity contribution in [1.82, 2.24) is 5.32 Å². The van der Waals surface area contributed by atoms with Gasteiger partial charge in [-0.05, 0) is 43.4 Å². The number of nitrogens with zero attached hydrogens (tertiary/aromatic N) is 1. The average Bonchev–Trinajstić information content (AvgIpc) is 2.44. The molecule has 1 aromatic rings. The van der Waals surface area contributed by atoms with Gasteiger partial charge in [0.2, 0.25) is 0 Å². The molecule has 1 fully saturated rings. The molecular weight excluding hydrogens is 266 g/mol. The van der Waals surface area contributed by atoms with Crippen molar-refractivity contribution in [2.24, 2.45) is 16.6 Å². The molecule has 0 heterocycles. The third-order valence-corrected chi connectivity index (χ3v) is 3.76. The molecular formula is C16H25N3O2. The molecule has 0 bridgehead atoms. The van der Waals surface area contributed by atoms with Gasteiger partial charge < -0.3 is 20.5 Å². The minimum atomic E-state index is 0.509. The second-order valence-electron chi connectivity index (χ2n) is 5.30. The second kappa shape index (κ2) is 7.76. The van der Waals surface area contributed by atoms with Crippen LogP contribution < -0.4 is 20.5 Å². The Bertz CT molecular complexity index is 484. The van der Waals surface area contributed by atoms with Gasteiger partial charge in [0.05, 0.1) is 20.3 Å². The number of benzene rings is 1. The maximum Gasteiger partial charge on any atom is 0.188 e. The number of guanidine groups is 1. The monoisotopic (exact) mass is 291 g/mol. The molecule has 0 aliphatic heterocycles. The Hall–Kier alpha value is -1.91. The lowest BCUT2D eigenvalue weighted by Gasteiger charge is -2.25. The summed E-state index contributed by atoms with van der Waals surface area (Å²) in [6.07, 6.45) is 3.95. The molecule has 0 aromatic heterocycles. The van der Waals surface area contributed by atoms with Crippen molar-refractivity contribution in [2.75, 3.05) is 20.3 Å². The van der Waals surface area contributed by atoms with Crippen LogP contribution in [0.15, 0.2) is 23.2 Å². The molecule has 1 aliphatic carbocycles. The smallest absolute Gasteiger partial charge is 0.188 e. The van der Waals surface area contributed by atoms with E-state index in [-0.39, 0.29) is 0 Å². The summed E-state index contributed by atoms with van der Waals surface area (Å²) >= 11 is 0. The Morgan fingerprint density at radius 1 is 1.38 bits per heavy atom. The summed E-state index contributed by atoms with van der Waals surface area (Å²) in [5.74, 6) is 2.76. The van der Waals surface area contributed by atoms with Crippen LogP contribution in [0, 0.1) is 5.92 Å². The van der Waals surface area contributed by atoms with E-state index in [4.69, 9.17) is 15.2 Å². The Morgan fingerprint density at radius 3 is 2.81 bits per heavy atom. The number of rotatable bonds is 7. The van der Waals surface area contributed by atoms with Crippen LogP contribution in [0.25, 0.3) is 0 Å². The summed E-state index contributed by atoms with van der Waals surface area (Å²) in [6.45, 7) is 4.03. The van der Waals surface area contributed by atoms with Crippen molar-refractivity contribution in [3.63, 3.8) is 0 Å². The van der Waals surface area contributed by atoms with Crippen LogP contribution in [0.2, 0.25) is 0 Å². The third-order valence-electron chi connectivity index (χ3n) is 3.76. The highest BCUT2D eigenvalue weighted by Gasteiger charge is 2.16. The fourth-order valence-corrected chi connectivity index (χ4v) is 2.26. The van der Waals surface area contributed by atoms with E-state index in [1.165, 1.54) is 19.3 Å². The lowest BCUT2D eigenvalue weighted by Crippen LogP contribution is -2.37. The largest absolute Gasteiger partial charge is 0.493 e. The zero-order valence-corrected chi connectivity index (χ0v) is 12.9. The van der Waals surface area contributed by atoms with Crippen molar-refractivity contribution >= 4 is 5.96 Å². The average molecular weight is 291 g/mol. The Kier molecular flexibility index (Phi) is 5.72. The van der Waals surface area contributed by atoms with Gasteiger partial charge in [-0.3, -0.25) is 0 Å². The van der Waals surface area contributed by atoms with Gasteiger partial charge >= 0.3 is 0 Å². The van der Waals surface area contributed by atoms with E-state index in [9.17, 15) is 0 Å².